The molecular weight excluding hydrogens is 701 g/mol. The molecule has 6 rings (SSSR count). The molecule has 2 fully saturated rings. The van der Waals surface area contributed by atoms with Crippen molar-refractivity contribution < 1.29 is 24.2 Å². The molecule has 10 heteroatoms. The summed E-state index contributed by atoms with van der Waals surface area (Å²) in [6.45, 7) is 23.9. The maximum atomic E-state index is 14.3. The number of ether oxygens (including phenoxy) is 2. The second-order valence-corrected chi connectivity index (χ2v) is 14.7. The topological polar surface area (TPSA) is 132 Å². The van der Waals surface area contributed by atoms with E-state index in [9.17, 15) is 14.7 Å². The summed E-state index contributed by atoms with van der Waals surface area (Å²) in [4.78, 5) is 36.8. The van der Waals surface area contributed by atoms with E-state index in [2.05, 4.69) is 40.3 Å². The largest absolute Gasteiger partial charge is 2.00 e. The van der Waals surface area contributed by atoms with Crippen LogP contribution in [0.5, 0.6) is 0 Å². The number of hydrogen-bond acceptors (Lipinski definition) is 5. The van der Waals surface area contributed by atoms with Crippen LogP contribution < -0.4 is 25.6 Å². The van der Waals surface area contributed by atoms with Crippen molar-refractivity contribution in [3.63, 3.8) is 0 Å². The van der Waals surface area contributed by atoms with Gasteiger partial charge in [0.1, 0.15) is 6.61 Å². The monoisotopic (exact) mass is 749 g/mol. The Morgan fingerprint density at radius 3 is 2.38 bits per heavy atom. The van der Waals surface area contributed by atoms with Gasteiger partial charge < -0.3 is 54.6 Å². The molecule has 2 aromatic heterocycles. The van der Waals surface area contributed by atoms with Crippen molar-refractivity contribution in [3.05, 3.63) is 127 Å². The van der Waals surface area contributed by atoms with Crippen molar-refractivity contribution in [2.75, 3.05) is 13.7 Å². The van der Waals surface area contributed by atoms with E-state index in [0.717, 1.165) is 69.2 Å². The normalized spacial score (nSPS) is 26.1. The Bertz CT molecular complexity index is 2200. The zero-order chi connectivity index (χ0) is 39.0. The number of nitrogens with zero attached hydrogens (tertiary/aromatic N) is 4. The Morgan fingerprint density at radius 1 is 1.00 bits per heavy atom. The van der Waals surface area contributed by atoms with Gasteiger partial charge in [-0.3, -0.25) is 15.7 Å². The Morgan fingerprint density at radius 2 is 1.71 bits per heavy atom. The molecule has 0 amide bonds. The Hall–Kier alpha value is -4.67. The number of hydrogen-bond donors (Lipinski definition) is 0. The summed E-state index contributed by atoms with van der Waals surface area (Å²) in [6.07, 6.45) is 15.9. The molecule has 0 saturated carbocycles. The number of esters is 2. The van der Waals surface area contributed by atoms with E-state index in [-0.39, 0.29) is 65.6 Å². The molecule has 2 aromatic rings. The molecule has 4 aliphatic rings. The van der Waals surface area contributed by atoms with Crippen LogP contribution in [0.15, 0.2) is 58.6 Å². The van der Waals surface area contributed by atoms with E-state index in [1.54, 1.807) is 0 Å². The standard InChI is InChI=1S/C45H50N4O5.Mg/c1-11-29-25(6)32-20-34-27(8)31(16-17-38(50)54-19-18-24(5)15-13-14-23(3)4)42(48-34)40-41(45(52)53-10)44(51)39-28(9)35(49-43(39)40)22-37-30(12-2)26(7)33(47-37)21-36(29)46-32;/h11-12,14,18,20-22,26-27,31,41-42,51H,1,3-4,13,15-17,19H2,2,5-10H3;/q-6;+2/p-1/b24-18+,30-12+,33-21-,34-20-,37-22-;/t26-,27+,31+,41-,42-;/m1./s1. The van der Waals surface area contributed by atoms with Crippen LogP contribution in [0.2, 0.25) is 0 Å². The van der Waals surface area contributed by atoms with Crippen molar-refractivity contribution in [3.8, 4) is 0 Å². The zero-order valence-corrected chi connectivity index (χ0v) is 34.5. The third-order valence-corrected chi connectivity index (χ3v) is 11.3. The van der Waals surface area contributed by atoms with Gasteiger partial charge in [0.25, 0.3) is 0 Å². The Kier molecular flexibility index (Phi) is 12.8. The fraction of sp³-hybridized carbons (Fsp3) is 0.378. The first-order valence-corrected chi connectivity index (χ1v) is 18.6. The summed E-state index contributed by atoms with van der Waals surface area (Å²) in [5.74, 6) is -2.93. The van der Waals surface area contributed by atoms with Gasteiger partial charge in [0, 0.05) is 6.42 Å². The summed E-state index contributed by atoms with van der Waals surface area (Å²) in [7, 11) is 1.29. The molecule has 8 bridgehead atoms. The number of methoxy groups -OCH3 is 1. The maximum absolute atomic E-state index is 14.3. The first kappa shape index (κ1) is 41.5. The van der Waals surface area contributed by atoms with Crippen LogP contribution in [-0.2, 0) is 19.1 Å². The van der Waals surface area contributed by atoms with E-state index in [0.29, 0.717) is 33.8 Å². The van der Waals surface area contributed by atoms with Gasteiger partial charge in [-0.2, -0.15) is 11.4 Å². The average molecular weight is 750 g/mol. The Labute approximate surface area is 341 Å². The van der Waals surface area contributed by atoms with Crippen molar-refractivity contribution >= 4 is 70.6 Å². The summed E-state index contributed by atoms with van der Waals surface area (Å²) >= 11 is 0. The predicted octanol–water partition coefficient (Wildman–Crippen LogP) is 6.26. The molecule has 0 N–H and O–H groups in total. The molecule has 9 nitrogen and oxygen atoms in total. The summed E-state index contributed by atoms with van der Waals surface area (Å²) < 4.78 is 10.9. The van der Waals surface area contributed by atoms with Crippen LogP contribution in [0.25, 0.3) is 46.3 Å². The number of rotatable bonds is 10. The van der Waals surface area contributed by atoms with E-state index in [1.807, 2.05) is 64.2 Å². The third-order valence-electron chi connectivity index (χ3n) is 11.3. The van der Waals surface area contributed by atoms with E-state index >= 15 is 0 Å². The number of fused-ring (bicyclic) bond motifs is 8. The molecule has 0 unspecified atom stereocenters. The van der Waals surface area contributed by atoms with Gasteiger partial charge in [-0.05, 0) is 75.1 Å². The average Bonchev–Trinajstić information content (AvgIpc) is 3.87. The first-order valence-electron chi connectivity index (χ1n) is 18.6. The van der Waals surface area contributed by atoms with Crippen molar-refractivity contribution in [1.82, 2.24) is 9.97 Å². The van der Waals surface area contributed by atoms with Crippen molar-refractivity contribution in [2.45, 2.75) is 73.3 Å². The van der Waals surface area contributed by atoms with Gasteiger partial charge in [-0.25, -0.2) is 0 Å². The molecule has 1 aliphatic carbocycles. The summed E-state index contributed by atoms with van der Waals surface area (Å²) in [5.41, 5.74) is 10.5. The summed E-state index contributed by atoms with van der Waals surface area (Å²) in [6, 6.07) is -0.625. The van der Waals surface area contributed by atoms with Crippen LogP contribution >= 0.6 is 0 Å². The van der Waals surface area contributed by atoms with Gasteiger partial charge in [0.15, 0.2) is 0 Å². The van der Waals surface area contributed by atoms with Gasteiger partial charge in [-0.1, -0.05) is 84.7 Å². The fourth-order valence-electron chi connectivity index (χ4n) is 8.16. The van der Waals surface area contributed by atoms with Gasteiger partial charge in [0.05, 0.1) is 13.0 Å². The quantitative estimate of drug-likeness (QED) is 0.121. The fourth-order valence-corrected chi connectivity index (χ4v) is 8.16. The molecule has 0 spiro atoms. The number of carbonyl (C=O) groups is 2. The minimum Gasteiger partial charge on any atom is -0.874 e. The molecule has 2 saturated heterocycles. The first-order chi connectivity index (χ1) is 25.8. The molecule has 5 atom stereocenters. The van der Waals surface area contributed by atoms with Crippen LogP contribution in [0, 0.1) is 51.4 Å². The van der Waals surface area contributed by atoms with Crippen LogP contribution in [0.1, 0.15) is 87.2 Å². The molecular formula is C45H49MgN4O5-5. The SMILES string of the molecule is C=Cc1c2[n-]c(c1C)/C=C1\[N-][C@@H](C3=c4[n-]c(c(C)c4=C([O-])[C@@H]3C(=O)OC)/C=C3\[N-]/C(=C\2)[C@H](C)\C3=C/C)[C@@H](CCC(=O)OC/C=C(\C)CCC=C([CH2-])[CH2-])[C@@H]1C.[Mg+2]. The predicted molar refractivity (Wildman–Crippen MR) is 218 cm³/mol. The van der Waals surface area contributed by atoms with E-state index in [1.165, 1.54) is 7.11 Å². The molecule has 55 heavy (non-hydrogen) atoms. The van der Waals surface area contributed by atoms with Crippen molar-refractivity contribution in [2.24, 2.45) is 23.7 Å². The van der Waals surface area contributed by atoms with Crippen molar-refractivity contribution in [1.29, 1.82) is 0 Å². The summed E-state index contributed by atoms with van der Waals surface area (Å²) in [5, 5.41) is 25.4. The van der Waals surface area contributed by atoms with Gasteiger partial charge in [0.2, 0.25) is 0 Å². The minimum absolute atomic E-state index is 0. The number of carbonyl (C=O) groups excluding carboxylic acids is 2. The molecule has 5 heterocycles. The molecule has 0 radical (unpaired) electrons. The third kappa shape index (κ3) is 7.89. The van der Waals surface area contributed by atoms with Crippen LogP contribution in [0.3, 0.4) is 0 Å². The molecule has 286 valence electrons. The number of aromatic nitrogens is 2. The molecule has 3 aliphatic heterocycles. The zero-order valence-electron chi connectivity index (χ0n) is 33.1. The van der Waals surface area contributed by atoms with E-state index in [4.69, 9.17) is 30.1 Å². The molecule has 0 aromatic carbocycles. The van der Waals surface area contributed by atoms with Crippen LogP contribution in [-0.4, -0.2) is 54.7 Å². The minimum atomic E-state index is -1.19. The van der Waals surface area contributed by atoms with Crippen LogP contribution in [0.4, 0.5) is 0 Å². The second-order valence-electron chi connectivity index (χ2n) is 14.7. The van der Waals surface area contributed by atoms with E-state index < -0.39 is 17.9 Å². The maximum Gasteiger partial charge on any atom is 2.00 e. The van der Waals surface area contributed by atoms with Gasteiger partial charge in [-0.15, -0.1) is 40.3 Å². The van der Waals surface area contributed by atoms with Gasteiger partial charge >= 0.3 is 35.0 Å². The number of allylic oxidation sites excluding steroid dienone is 7. The smallest absolute Gasteiger partial charge is 0.874 e. The second kappa shape index (κ2) is 17.0. The Balaban J connectivity index is 0.00000580.